The smallest absolute Gasteiger partial charge is 0.377 e. The van der Waals surface area contributed by atoms with Gasteiger partial charge in [0.1, 0.15) is 0 Å². The number of methoxy groups -OCH3 is 2. The molecule has 0 saturated heterocycles. The maximum atomic E-state index is 11.3. The first-order valence-electron chi connectivity index (χ1n) is 4.51. The summed E-state index contributed by atoms with van der Waals surface area (Å²) in [5.41, 5.74) is 0.634. The topological polar surface area (TPSA) is 72.8 Å². The minimum absolute atomic E-state index is 0.102. The van der Waals surface area contributed by atoms with Crippen LogP contribution in [0.3, 0.4) is 0 Å². The van der Waals surface area contributed by atoms with Crippen molar-refractivity contribution >= 4 is 11.8 Å². The Bertz CT molecular complexity index is 436. The molecule has 0 unspecified atom stereocenters. The molecule has 5 nitrogen and oxygen atoms in total. The van der Waals surface area contributed by atoms with E-state index in [0.717, 1.165) is 0 Å². The largest absolute Gasteiger partial charge is 0.493 e. The molecule has 86 valence electrons. The van der Waals surface area contributed by atoms with Gasteiger partial charge < -0.3 is 14.6 Å². The van der Waals surface area contributed by atoms with Crippen LogP contribution in [0.15, 0.2) is 12.1 Å². The van der Waals surface area contributed by atoms with Crippen molar-refractivity contribution < 1.29 is 24.2 Å². The van der Waals surface area contributed by atoms with Gasteiger partial charge in [0.05, 0.1) is 14.2 Å². The second kappa shape index (κ2) is 4.65. The highest BCUT2D eigenvalue weighted by molar-refractivity contribution is 6.40. The number of carbonyl (C=O) groups is 2. The van der Waals surface area contributed by atoms with Crippen molar-refractivity contribution in [3.05, 3.63) is 23.3 Å². The van der Waals surface area contributed by atoms with E-state index in [4.69, 9.17) is 14.6 Å². The molecule has 0 aromatic heterocycles. The molecule has 5 heteroatoms. The van der Waals surface area contributed by atoms with Crippen molar-refractivity contribution in [2.45, 2.75) is 6.92 Å². The van der Waals surface area contributed by atoms with Crippen molar-refractivity contribution in [3.63, 3.8) is 0 Å². The van der Waals surface area contributed by atoms with Gasteiger partial charge in [-0.2, -0.15) is 0 Å². The molecular weight excluding hydrogens is 212 g/mol. The fraction of sp³-hybridized carbons (Fsp3) is 0.273. The van der Waals surface area contributed by atoms with E-state index >= 15 is 0 Å². The van der Waals surface area contributed by atoms with Crippen molar-refractivity contribution in [1.82, 2.24) is 0 Å². The Morgan fingerprint density at radius 2 is 1.62 bits per heavy atom. The SMILES string of the molecule is COc1cc(C)c(C(=O)C(=O)O)cc1OC. The van der Waals surface area contributed by atoms with Gasteiger partial charge in [-0.1, -0.05) is 0 Å². The van der Waals surface area contributed by atoms with Crippen LogP contribution in [0.4, 0.5) is 0 Å². The Balaban J connectivity index is 3.32. The number of hydrogen-bond donors (Lipinski definition) is 1. The zero-order chi connectivity index (χ0) is 12.3. The monoisotopic (exact) mass is 224 g/mol. The van der Waals surface area contributed by atoms with E-state index in [-0.39, 0.29) is 5.56 Å². The van der Waals surface area contributed by atoms with Crippen LogP contribution in [0, 0.1) is 6.92 Å². The lowest BCUT2D eigenvalue weighted by molar-refractivity contribution is -0.131. The number of carboxylic acids is 1. The zero-order valence-electron chi connectivity index (χ0n) is 9.23. The maximum absolute atomic E-state index is 11.3. The van der Waals surface area contributed by atoms with Gasteiger partial charge in [0, 0.05) is 5.56 Å². The molecule has 0 spiro atoms. The molecule has 16 heavy (non-hydrogen) atoms. The number of ketones is 1. The molecule has 0 atom stereocenters. The summed E-state index contributed by atoms with van der Waals surface area (Å²) in [6.45, 7) is 1.64. The minimum Gasteiger partial charge on any atom is -0.493 e. The van der Waals surface area contributed by atoms with Gasteiger partial charge in [0.25, 0.3) is 5.78 Å². The van der Waals surface area contributed by atoms with Crippen LogP contribution in [-0.2, 0) is 4.79 Å². The number of aliphatic carboxylic acids is 1. The molecule has 0 radical (unpaired) electrons. The van der Waals surface area contributed by atoms with Gasteiger partial charge in [-0.15, -0.1) is 0 Å². The molecule has 1 aromatic carbocycles. The summed E-state index contributed by atoms with van der Waals surface area (Å²) in [4.78, 5) is 21.9. The van der Waals surface area contributed by atoms with Gasteiger partial charge in [-0.05, 0) is 24.6 Å². The molecular formula is C11H12O5. The van der Waals surface area contributed by atoms with E-state index in [2.05, 4.69) is 0 Å². The second-order valence-electron chi connectivity index (χ2n) is 3.16. The van der Waals surface area contributed by atoms with Crippen LogP contribution in [-0.4, -0.2) is 31.1 Å². The first kappa shape index (κ1) is 12.0. The Kier molecular flexibility index (Phi) is 3.50. The van der Waals surface area contributed by atoms with Gasteiger partial charge in [0.2, 0.25) is 0 Å². The first-order chi connectivity index (χ1) is 7.51. The average Bonchev–Trinajstić information content (AvgIpc) is 2.27. The fourth-order valence-electron chi connectivity index (χ4n) is 1.34. The third-order valence-electron chi connectivity index (χ3n) is 2.17. The van der Waals surface area contributed by atoms with Crippen LogP contribution in [0.1, 0.15) is 15.9 Å². The number of carbonyl (C=O) groups excluding carboxylic acids is 1. The van der Waals surface area contributed by atoms with E-state index in [1.165, 1.54) is 20.3 Å². The lowest BCUT2D eigenvalue weighted by atomic mass is 10.0. The highest BCUT2D eigenvalue weighted by Crippen LogP contribution is 2.30. The van der Waals surface area contributed by atoms with Crippen LogP contribution >= 0.6 is 0 Å². The average molecular weight is 224 g/mol. The zero-order valence-corrected chi connectivity index (χ0v) is 9.23. The molecule has 0 heterocycles. The van der Waals surface area contributed by atoms with Crippen LogP contribution in [0.2, 0.25) is 0 Å². The maximum Gasteiger partial charge on any atom is 0.377 e. The van der Waals surface area contributed by atoms with E-state index in [1.54, 1.807) is 13.0 Å². The molecule has 1 rings (SSSR count). The number of carboxylic acid groups (broad SMARTS) is 1. The molecule has 0 aliphatic rings. The molecule has 0 bridgehead atoms. The molecule has 1 N–H and O–H groups in total. The van der Waals surface area contributed by atoms with Crippen molar-refractivity contribution in [2.75, 3.05) is 14.2 Å². The Morgan fingerprint density at radius 1 is 1.12 bits per heavy atom. The lowest BCUT2D eigenvalue weighted by Crippen LogP contribution is -2.14. The van der Waals surface area contributed by atoms with Crippen LogP contribution in [0.5, 0.6) is 11.5 Å². The highest BCUT2D eigenvalue weighted by Gasteiger charge is 2.19. The first-order valence-corrected chi connectivity index (χ1v) is 4.51. The third kappa shape index (κ3) is 2.13. The molecule has 0 fully saturated rings. The van der Waals surface area contributed by atoms with Gasteiger partial charge >= 0.3 is 5.97 Å². The Labute approximate surface area is 92.6 Å². The summed E-state index contributed by atoms with van der Waals surface area (Å²) < 4.78 is 10.0. The Morgan fingerprint density at radius 3 is 2.06 bits per heavy atom. The van der Waals surface area contributed by atoms with Crippen LogP contribution < -0.4 is 9.47 Å². The molecule has 0 amide bonds. The minimum atomic E-state index is -1.49. The number of rotatable bonds is 4. The summed E-state index contributed by atoms with van der Waals surface area (Å²) in [7, 11) is 2.89. The van der Waals surface area contributed by atoms with Crippen LogP contribution in [0.25, 0.3) is 0 Å². The third-order valence-corrected chi connectivity index (χ3v) is 2.17. The second-order valence-corrected chi connectivity index (χ2v) is 3.16. The highest BCUT2D eigenvalue weighted by atomic mass is 16.5. The lowest BCUT2D eigenvalue weighted by Gasteiger charge is -2.10. The van der Waals surface area contributed by atoms with Gasteiger partial charge in [0.15, 0.2) is 11.5 Å². The van der Waals surface area contributed by atoms with Crippen molar-refractivity contribution in [2.24, 2.45) is 0 Å². The number of ether oxygens (including phenoxy) is 2. The number of Topliss-reactive ketones (excluding diaryl/α,β-unsaturated/α-hetero) is 1. The fourth-order valence-corrected chi connectivity index (χ4v) is 1.34. The van der Waals surface area contributed by atoms with Gasteiger partial charge in [-0.25, -0.2) is 4.79 Å². The van der Waals surface area contributed by atoms with E-state index in [1.807, 2.05) is 0 Å². The predicted octanol–water partition coefficient (Wildman–Crippen LogP) is 1.28. The van der Waals surface area contributed by atoms with Crippen molar-refractivity contribution in [3.8, 4) is 11.5 Å². The standard InChI is InChI=1S/C11H12O5/c1-6-4-8(15-2)9(16-3)5-7(6)10(12)11(13)14/h4-5H,1-3H3,(H,13,14). The molecule has 0 aliphatic carbocycles. The quantitative estimate of drug-likeness (QED) is 0.616. The Hall–Kier alpha value is -2.04. The molecule has 0 aliphatic heterocycles. The van der Waals surface area contributed by atoms with Crippen molar-refractivity contribution in [1.29, 1.82) is 0 Å². The summed E-state index contributed by atoms with van der Waals surface area (Å²) in [6.07, 6.45) is 0. The van der Waals surface area contributed by atoms with E-state index in [0.29, 0.717) is 17.1 Å². The number of aryl methyl sites for hydroxylation is 1. The summed E-state index contributed by atoms with van der Waals surface area (Å²) in [5.74, 6) is -1.66. The normalized spacial score (nSPS) is 9.69. The summed E-state index contributed by atoms with van der Waals surface area (Å²) in [6, 6.07) is 2.93. The molecule has 0 saturated carbocycles. The predicted molar refractivity (Wildman–Crippen MR) is 56.2 cm³/mol. The molecule has 1 aromatic rings. The van der Waals surface area contributed by atoms with Gasteiger partial charge in [-0.3, -0.25) is 4.79 Å². The number of hydrogen-bond acceptors (Lipinski definition) is 4. The summed E-state index contributed by atoms with van der Waals surface area (Å²) in [5, 5.41) is 8.63. The summed E-state index contributed by atoms with van der Waals surface area (Å²) >= 11 is 0. The number of benzene rings is 1. The van der Waals surface area contributed by atoms with E-state index < -0.39 is 11.8 Å². The van der Waals surface area contributed by atoms with E-state index in [9.17, 15) is 9.59 Å².